The Morgan fingerprint density at radius 3 is 2.58 bits per heavy atom. The summed E-state index contributed by atoms with van der Waals surface area (Å²) < 4.78 is 0. The van der Waals surface area contributed by atoms with Crippen molar-refractivity contribution in [2.45, 2.75) is 53.0 Å². The number of carbonyl (C=O) groups is 1. The van der Waals surface area contributed by atoms with Crippen LogP contribution in [0.3, 0.4) is 0 Å². The molecule has 1 aromatic rings. The Morgan fingerprint density at radius 2 is 2.00 bits per heavy atom. The van der Waals surface area contributed by atoms with Crippen LogP contribution >= 0.6 is 0 Å². The van der Waals surface area contributed by atoms with Gasteiger partial charge < -0.3 is 10.4 Å². The number of aromatic nitrogens is 1. The molecule has 1 atom stereocenters. The molecule has 106 valence electrons. The highest BCUT2D eigenvalue weighted by molar-refractivity contribution is 5.88. The molecule has 0 radical (unpaired) electrons. The van der Waals surface area contributed by atoms with Crippen molar-refractivity contribution in [1.29, 1.82) is 0 Å². The normalized spacial score (nSPS) is 12.5. The van der Waals surface area contributed by atoms with Crippen LogP contribution in [0.4, 0.5) is 5.82 Å². The summed E-state index contributed by atoms with van der Waals surface area (Å²) in [7, 11) is 0. The third kappa shape index (κ3) is 5.73. The SMILES string of the molecule is Cc1cc(C(=O)O)cc(NC(C)CCCC(C)C)n1. The van der Waals surface area contributed by atoms with E-state index in [1.165, 1.54) is 12.8 Å². The van der Waals surface area contributed by atoms with Gasteiger partial charge in [-0.2, -0.15) is 0 Å². The summed E-state index contributed by atoms with van der Waals surface area (Å²) in [6.07, 6.45) is 3.45. The number of carboxylic acids is 1. The van der Waals surface area contributed by atoms with Gasteiger partial charge in [0.25, 0.3) is 0 Å². The summed E-state index contributed by atoms with van der Waals surface area (Å²) in [5, 5.41) is 12.3. The van der Waals surface area contributed by atoms with E-state index in [4.69, 9.17) is 5.11 Å². The van der Waals surface area contributed by atoms with E-state index in [2.05, 4.69) is 31.1 Å². The lowest BCUT2D eigenvalue weighted by Crippen LogP contribution is -2.17. The molecule has 1 heterocycles. The summed E-state index contributed by atoms with van der Waals surface area (Å²) >= 11 is 0. The largest absolute Gasteiger partial charge is 0.478 e. The minimum Gasteiger partial charge on any atom is -0.478 e. The third-order valence-electron chi connectivity index (χ3n) is 3.01. The van der Waals surface area contributed by atoms with Crippen molar-refractivity contribution in [2.24, 2.45) is 5.92 Å². The molecular formula is C15H24N2O2. The van der Waals surface area contributed by atoms with Crippen LogP contribution < -0.4 is 5.32 Å². The molecule has 2 N–H and O–H groups in total. The monoisotopic (exact) mass is 264 g/mol. The molecule has 1 aromatic heterocycles. The number of rotatable bonds is 7. The lowest BCUT2D eigenvalue weighted by atomic mass is 10.0. The van der Waals surface area contributed by atoms with Crippen LogP contribution in [0.25, 0.3) is 0 Å². The first-order chi connectivity index (χ1) is 8.88. The topological polar surface area (TPSA) is 62.2 Å². The predicted molar refractivity (Wildman–Crippen MR) is 77.7 cm³/mol. The van der Waals surface area contributed by atoms with Gasteiger partial charge in [0.2, 0.25) is 0 Å². The number of hydrogen-bond acceptors (Lipinski definition) is 3. The van der Waals surface area contributed by atoms with Crippen molar-refractivity contribution in [2.75, 3.05) is 5.32 Å². The minimum atomic E-state index is -0.916. The number of aromatic carboxylic acids is 1. The predicted octanol–water partition coefficient (Wildman–Crippen LogP) is 3.71. The molecule has 1 unspecified atom stereocenters. The van der Waals surface area contributed by atoms with E-state index >= 15 is 0 Å². The average molecular weight is 264 g/mol. The zero-order valence-corrected chi connectivity index (χ0v) is 12.2. The molecule has 0 aliphatic rings. The van der Waals surface area contributed by atoms with Crippen LogP contribution in [0, 0.1) is 12.8 Å². The van der Waals surface area contributed by atoms with Crippen molar-refractivity contribution < 1.29 is 9.90 Å². The van der Waals surface area contributed by atoms with Crippen LogP contribution in [-0.2, 0) is 0 Å². The van der Waals surface area contributed by atoms with Crippen LogP contribution in [0.1, 0.15) is 56.1 Å². The number of anilines is 1. The van der Waals surface area contributed by atoms with Gasteiger partial charge in [0.05, 0.1) is 5.56 Å². The Bertz CT molecular complexity index is 430. The van der Waals surface area contributed by atoms with Gasteiger partial charge in [0, 0.05) is 11.7 Å². The highest BCUT2D eigenvalue weighted by Crippen LogP contribution is 2.14. The molecule has 0 saturated carbocycles. The third-order valence-corrected chi connectivity index (χ3v) is 3.01. The van der Waals surface area contributed by atoms with E-state index < -0.39 is 5.97 Å². The van der Waals surface area contributed by atoms with E-state index in [9.17, 15) is 4.79 Å². The van der Waals surface area contributed by atoms with E-state index in [0.717, 1.165) is 18.0 Å². The first-order valence-corrected chi connectivity index (χ1v) is 6.87. The first-order valence-electron chi connectivity index (χ1n) is 6.87. The lowest BCUT2D eigenvalue weighted by molar-refractivity contribution is 0.0696. The molecule has 0 aliphatic heterocycles. The highest BCUT2D eigenvalue weighted by Gasteiger charge is 2.09. The van der Waals surface area contributed by atoms with Gasteiger partial charge in [-0.25, -0.2) is 9.78 Å². The van der Waals surface area contributed by atoms with Crippen LogP contribution in [0.5, 0.6) is 0 Å². The van der Waals surface area contributed by atoms with Gasteiger partial charge in [-0.3, -0.25) is 0 Å². The standard InChI is InChI=1S/C15H24N2O2/c1-10(2)6-5-7-11(3)16-14-9-13(15(18)19)8-12(4)17-14/h8-11H,5-7H2,1-4H3,(H,16,17)(H,18,19). The second-order valence-electron chi connectivity index (χ2n) is 5.56. The second kappa shape index (κ2) is 7.12. The van der Waals surface area contributed by atoms with E-state index in [0.29, 0.717) is 11.9 Å². The Balaban J connectivity index is 2.58. The van der Waals surface area contributed by atoms with Crippen LogP contribution in [0.2, 0.25) is 0 Å². The molecular weight excluding hydrogens is 240 g/mol. The van der Waals surface area contributed by atoms with Crippen molar-refractivity contribution in [3.8, 4) is 0 Å². The summed E-state index contributed by atoms with van der Waals surface area (Å²) in [5.41, 5.74) is 1.00. The molecule has 0 aromatic carbocycles. The zero-order valence-electron chi connectivity index (χ0n) is 12.2. The van der Waals surface area contributed by atoms with Gasteiger partial charge in [-0.1, -0.05) is 26.7 Å². The second-order valence-corrected chi connectivity index (χ2v) is 5.56. The Morgan fingerprint density at radius 1 is 1.32 bits per heavy atom. The van der Waals surface area contributed by atoms with Crippen LogP contribution in [0.15, 0.2) is 12.1 Å². The highest BCUT2D eigenvalue weighted by atomic mass is 16.4. The van der Waals surface area contributed by atoms with Gasteiger partial charge in [-0.15, -0.1) is 0 Å². The van der Waals surface area contributed by atoms with Crippen molar-refractivity contribution in [3.05, 3.63) is 23.4 Å². The molecule has 4 heteroatoms. The van der Waals surface area contributed by atoms with E-state index in [-0.39, 0.29) is 5.56 Å². The van der Waals surface area contributed by atoms with E-state index in [1.807, 2.05) is 0 Å². The Hall–Kier alpha value is -1.58. The molecule has 0 amide bonds. The van der Waals surface area contributed by atoms with Crippen molar-refractivity contribution in [1.82, 2.24) is 4.98 Å². The minimum absolute atomic E-state index is 0.282. The maximum absolute atomic E-state index is 11.0. The molecule has 0 aliphatic carbocycles. The van der Waals surface area contributed by atoms with Gasteiger partial charge in [0.15, 0.2) is 0 Å². The maximum atomic E-state index is 11.0. The van der Waals surface area contributed by atoms with Crippen molar-refractivity contribution >= 4 is 11.8 Å². The number of pyridine rings is 1. The summed E-state index contributed by atoms with van der Waals surface area (Å²) in [4.78, 5) is 15.3. The summed E-state index contributed by atoms with van der Waals surface area (Å²) in [5.74, 6) is 0.457. The average Bonchev–Trinajstić information content (AvgIpc) is 2.27. The molecule has 0 spiro atoms. The molecule has 4 nitrogen and oxygen atoms in total. The lowest BCUT2D eigenvalue weighted by Gasteiger charge is -2.15. The molecule has 0 saturated heterocycles. The summed E-state index contributed by atoms with van der Waals surface area (Å²) in [6, 6.07) is 3.47. The number of aryl methyl sites for hydroxylation is 1. The smallest absolute Gasteiger partial charge is 0.335 e. The van der Waals surface area contributed by atoms with Gasteiger partial charge in [0.1, 0.15) is 5.82 Å². The fraction of sp³-hybridized carbons (Fsp3) is 0.600. The molecule has 19 heavy (non-hydrogen) atoms. The number of nitrogens with one attached hydrogen (secondary N) is 1. The number of carboxylic acid groups (broad SMARTS) is 1. The maximum Gasteiger partial charge on any atom is 0.335 e. The van der Waals surface area contributed by atoms with Gasteiger partial charge >= 0.3 is 5.97 Å². The molecule has 0 fully saturated rings. The fourth-order valence-corrected chi connectivity index (χ4v) is 2.02. The first kappa shape index (κ1) is 15.5. The molecule has 0 bridgehead atoms. The van der Waals surface area contributed by atoms with Gasteiger partial charge in [-0.05, 0) is 38.3 Å². The summed E-state index contributed by atoms with van der Waals surface area (Å²) in [6.45, 7) is 8.35. The molecule has 1 rings (SSSR count). The van der Waals surface area contributed by atoms with Crippen molar-refractivity contribution in [3.63, 3.8) is 0 Å². The number of hydrogen-bond donors (Lipinski definition) is 2. The van der Waals surface area contributed by atoms with E-state index in [1.54, 1.807) is 19.1 Å². The van der Waals surface area contributed by atoms with Crippen LogP contribution in [-0.4, -0.2) is 22.1 Å². The zero-order chi connectivity index (χ0) is 14.4. The Labute approximate surface area is 115 Å². The number of nitrogens with zero attached hydrogens (tertiary/aromatic N) is 1. The fourth-order valence-electron chi connectivity index (χ4n) is 2.02. The quantitative estimate of drug-likeness (QED) is 0.788. The Kier molecular flexibility index (Phi) is 5.80.